The highest BCUT2D eigenvalue weighted by Crippen LogP contribution is 2.13. The maximum Gasteiger partial charge on any atom is 0.242 e. The Morgan fingerprint density at radius 1 is 1.33 bits per heavy atom. The molecule has 0 heterocycles. The number of benzene rings is 1. The zero-order valence-corrected chi connectivity index (χ0v) is 11.2. The van der Waals surface area contributed by atoms with Crippen LogP contribution in [0.4, 0.5) is 0 Å². The van der Waals surface area contributed by atoms with Gasteiger partial charge < -0.3 is 0 Å². The number of hydrogen-bond donors (Lipinski definition) is 0. The summed E-state index contributed by atoms with van der Waals surface area (Å²) in [4.78, 5) is 11.6. The van der Waals surface area contributed by atoms with Crippen LogP contribution in [0, 0.1) is 0 Å². The summed E-state index contributed by atoms with van der Waals surface area (Å²) in [7, 11) is -2.02. The zero-order valence-electron chi connectivity index (χ0n) is 10.4. The van der Waals surface area contributed by atoms with Crippen molar-refractivity contribution in [3.63, 3.8) is 0 Å². The van der Waals surface area contributed by atoms with E-state index in [0.29, 0.717) is 0 Å². The molecule has 0 saturated heterocycles. The van der Waals surface area contributed by atoms with Gasteiger partial charge in [0.05, 0.1) is 4.90 Å². The Bertz CT molecular complexity index is 508. The van der Waals surface area contributed by atoms with Crippen LogP contribution >= 0.6 is 0 Å². The lowest BCUT2D eigenvalue weighted by molar-refractivity contribution is -0.118. The van der Waals surface area contributed by atoms with Gasteiger partial charge in [0.1, 0.15) is 5.78 Å². The number of ketones is 1. The molecule has 0 saturated carbocycles. The molecule has 4 nitrogen and oxygen atoms in total. The third-order valence-electron chi connectivity index (χ3n) is 2.53. The van der Waals surface area contributed by atoms with Crippen LogP contribution in [0.3, 0.4) is 0 Å². The van der Waals surface area contributed by atoms with Gasteiger partial charge in [-0.25, -0.2) is 12.7 Å². The minimum absolute atomic E-state index is 0.0138. The first-order chi connectivity index (χ1) is 8.48. The largest absolute Gasteiger partial charge is 0.299 e. The number of nitrogens with zero attached hydrogens (tertiary/aromatic N) is 1. The second-order valence-electron chi connectivity index (χ2n) is 3.92. The van der Waals surface area contributed by atoms with Crippen molar-refractivity contribution in [3.8, 4) is 0 Å². The third kappa shape index (κ3) is 3.78. The van der Waals surface area contributed by atoms with E-state index in [1.807, 2.05) is 0 Å². The van der Waals surface area contributed by atoms with Crippen LogP contribution in [0.15, 0.2) is 47.9 Å². The van der Waals surface area contributed by atoms with E-state index in [1.54, 1.807) is 18.2 Å². The van der Waals surface area contributed by atoms with Crippen LogP contribution in [-0.2, 0) is 14.8 Å². The molecule has 18 heavy (non-hydrogen) atoms. The first-order valence-electron chi connectivity index (χ1n) is 5.62. The third-order valence-corrected chi connectivity index (χ3v) is 4.40. The summed E-state index contributed by atoms with van der Waals surface area (Å²) in [6, 6.07) is 8.18. The van der Waals surface area contributed by atoms with Crippen molar-refractivity contribution in [1.82, 2.24) is 4.31 Å². The highest BCUT2D eigenvalue weighted by Gasteiger charge is 2.20. The number of rotatable bonds is 7. The van der Waals surface area contributed by atoms with E-state index in [-0.39, 0.29) is 30.1 Å². The van der Waals surface area contributed by atoms with E-state index in [1.165, 1.54) is 29.6 Å². The summed E-state index contributed by atoms with van der Waals surface area (Å²) in [5.74, 6) is -0.0138. The van der Waals surface area contributed by atoms with Crippen molar-refractivity contribution in [3.05, 3.63) is 43.0 Å². The van der Waals surface area contributed by atoms with Gasteiger partial charge in [-0.2, -0.15) is 0 Å². The van der Waals surface area contributed by atoms with Crippen molar-refractivity contribution in [1.29, 1.82) is 0 Å². The molecule has 1 aromatic rings. The maximum absolute atomic E-state index is 12.1. The van der Waals surface area contributed by atoms with E-state index >= 15 is 0 Å². The Kier molecular flexibility index (Phi) is 5.25. The topological polar surface area (TPSA) is 54.5 Å². The molecule has 0 aliphatic rings. The van der Waals surface area contributed by atoms with Crippen LogP contribution in [0.2, 0.25) is 0 Å². The average molecular weight is 267 g/mol. The standard InChI is InChI=1S/C13H17NO3S/c1-3-7-12(15)10-11-14(2)18(16,17)13-8-5-4-6-9-13/h3-6,8-9H,1,7,10-11H2,2H3. The van der Waals surface area contributed by atoms with Gasteiger partial charge in [-0.15, -0.1) is 6.58 Å². The van der Waals surface area contributed by atoms with Crippen molar-refractivity contribution >= 4 is 15.8 Å². The number of hydrogen-bond acceptors (Lipinski definition) is 3. The van der Waals surface area contributed by atoms with Crippen molar-refractivity contribution in [2.45, 2.75) is 17.7 Å². The molecule has 0 bridgehead atoms. The summed E-state index contributed by atoms with van der Waals surface area (Å²) in [5.41, 5.74) is 0. The molecule has 0 radical (unpaired) electrons. The summed E-state index contributed by atoms with van der Waals surface area (Å²) < 4.78 is 25.4. The number of carbonyl (C=O) groups excluding carboxylic acids is 1. The molecular weight excluding hydrogens is 250 g/mol. The molecule has 0 spiro atoms. The van der Waals surface area contributed by atoms with E-state index in [4.69, 9.17) is 0 Å². The van der Waals surface area contributed by atoms with Gasteiger partial charge in [0.15, 0.2) is 0 Å². The SMILES string of the molecule is C=CCC(=O)CCN(C)S(=O)(=O)c1ccccc1. The van der Waals surface area contributed by atoms with Gasteiger partial charge in [0, 0.05) is 26.4 Å². The molecule has 0 atom stereocenters. The molecule has 1 aromatic carbocycles. The molecular formula is C13H17NO3S. The molecule has 5 heteroatoms. The normalized spacial score (nSPS) is 11.4. The number of sulfonamides is 1. The van der Waals surface area contributed by atoms with E-state index in [2.05, 4.69) is 6.58 Å². The minimum atomic E-state index is -3.49. The lowest BCUT2D eigenvalue weighted by atomic mass is 10.2. The molecule has 0 aromatic heterocycles. The first kappa shape index (κ1) is 14.6. The van der Waals surface area contributed by atoms with E-state index < -0.39 is 10.0 Å². The molecule has 98 valence electrons. The average Bonchev–Trinajstić information content (AvgIpc) is 2.37. The van der Waals surface area contributed by atoms with Gasteiger partial charge in [-0.3, -0.25) is 4.79 Å². The Balaban J connectivity index is 2.69. The lowest BCUT2D eigenvalue weighted by Crippen LogP contribution is -2.29. The second kappa shape index (κ2) is 6.47. The van der Waals surface area contributed by atoms with Crippen LogP contribution in [0.25, 0.3) is 0 Å². The summed E-state index contributed by atoms with van der Waals surface area (Å²) >= 11 is 0. The summed E-state index contributed by atoms with van der Waals surface area (Å²) in [6.45, 7) is 3.66. The summed E-state index contributed by atoms with van der Waals surface area (Å²) in [5, 5.41) is 0. The van der Waals surface area contributed by atoms with Gasteiger partial charge in [-0.1, -0.05) is 24.3 Å². The zero-order chi connectivity index (χ0) is 13.6. The first-order valence-corrected chi connectivity index (χ1v) is 7.06. The predicted molar refractivity (Wildman–Crippen MR) is 70.7 cm³/mol. The lowest BCUT2D eigenvalue weighted by Gasteiger charge is -2.16. The van der Waals surface area contributed by atoms with Crippen molar-refractivity contribution < 1.29 is 13.2 Å². The fourth-order valence-electron chi connectivity index (χ4n) is 1.44. The smallest absolute Gasteiger partial charge is 0.242 e. The predicted octanol–water partition coefficient (Wildman–Crippen LogP) is 1.84. The Hall–Kier alpha value is -1.46. The quantitative estimate of drug-likeness (QED) is 0.708. The fraction of sp³-hybridized carbons (Fsp3) is 0.308. The fourth-order valence-corrected chi connectivity index (χ4v) is 2.63. The molecule has 0 N–H and O–H groups in total. The second-order valence-corrected chi connectivity index (χ2v) is 5.97. The van der Waals surface area contributed by atoms with Crippen LogP contribution in [-0.4, -0.2) is 32.1 Å². The number of carbonyl (C=O) groups is 1. The maximum atomic E-state index is 12.1. The van der Waals surface area contributed by atoms with Crippen LogP contribution in [0.1, 0.15) is 12.8 Å². The molecule has 0 aliphatic heterocycles. The van der Waals surface area contributed by atoms with Crippen molar-refractivity contribution in [2.24, 2.45) is 0 Å². The Morgan fingerprint density at radius 3 is 2.50 bits per heavy atom. The number of allylic oxidation sites excluding steroid dienone is 1. The highest BCUT2D eigenvalue weighted by atomic mass is 32.2. The Morgan fingerprint density at radius 2 is 1.94 bits per heavy atom. The molecule has 0 aliphatic carbocycles. The highest BCUT2D eigenvalue weighted by molar-refractivity contribution is 7.89. The molecule has 0 fully saturated rings. The van der Waals surface area contributed by atoms with Crippen LogP contribution < -0.4 is 0 Å². The monoisotopic (exact) mass is 267 g/mol. The molecule has 1 rings (SSSR count). The van der Waals surface area contributed by atoms with Crippen molar-refractivity contribution in [2.75, 3.05) is 13.6 Å². The van der Waals surface area contributed by atoms with Gasteiger partial charge in [-0.05, 0) is 12.1 Å². The van der Waals surface area contributed by atoms with Gasteiger partial charge >= 0.3 is 0 Å². The van der Waals surface area contributed by atoms with Gasteiger partial charge in [0.2, 0.25) is 10.0 Å². The summed E-state index contributed by atoms with van der Waals surface area (Å²) in [6.07, 6.45) is 2.00. The number of Topliss-reactive ketones (excluding diaryl/α,β-unsaturated/α-hetero) is 1. The van der Waals surface area contributed by atoms with E-state index in [9.17, 15) is 13.2 Å². The minimum Gasteiger partial charge on any atom is -0.299 e. The molecule has 0 amide bonds. The molecule has 0 unspecified atom stereocenters. The van der Waals surface area contributed by atoms with E-state index in [0.717, 1.165) is 0 Å². The van der Waals surface area contributed by atoms with Gasteiger partial charge in [0.25, 0.3) is 0 Å². The van der Waals surface area contributed by atoms with Crippen LogP contribution in [0.5, 0.6) is 0 Å². The Labute approximate surface area is 108 Å².